The molecule has 1 N–H and O–H groups in total. The highest BCUT2D eigenvalue weighted by Gasteiger charge is 2.05. The molecule has 0 saturated heterocycles. The molecule has 0 bridgehead atoms. The second-order valence-corrected chi connectivity index (χ2v) is 3.68. The van der Waals surface area contributed by atoms with Gasteiger partial charge in [-0.1, -0.05) is 18.2 Å². The first-order chi connectivity index (χ1) is 7.95. The van der Waals surface area contributed by atoms with Crippen LogP contribution in [0.2, 0.25) is 0 Å². The largest absolute Gasteiger partial charge is 0.360 e. The molecule has 0 aliphatic carbocycles. The van der Waals surface area contributed by atoms with Gasteiger partial charge in [0.2, 0.25) is 0 Å². The summed E-state index contributed by atoms with van der Waals surface area (Å²) in [5.74, 6) is 0. The summed E-state index contributed by atoms with van der Waals surface area (Å²) in [6.45, 7) is 0. The van der Waals surface area contributed by atoms with Crippen LogP contribution in [-0.4, -0.2) is 4.40 Å². The molecule has 1 aliphatic heterocycles. The number of allylic oxidation sites excluding steroid dienone is 4. The first-order valence-corrected chi connectivity index (χ1v) is 5.32. The van der Waals surface area contributed by atoms with Crippen molar-refractivity contribution in [3.8, 4) is 0 Å². The van der Waals surface area contributed by atoms with E-state index in [-0.39, 0.29) is 0 Å². The molecule has 0 radical (unpaired) electrons. The molecule has 0 atom stereocenters. The van der Waals surface area contributed by atoms with Gasteiger partial charge in [0.15, 0.2) is 0 Å². The Bertz CT molecular complexity index is 600. The Labute approximate surface area is 94.2 Å². The third-order valence-electron chi connectivity index (χ3n) is 2.66. The maximum Gasteiger partial charge on any atom is 0.0691 e. The Balaban J connectivity index is 2.15. The minimum Gasteiger partial charge on any atom is -0.360 e. The molecule has 2 aromatic heterocycles. The molecule has 78 valence electrons. The quantitative estimate of drug-likeness (QED) is 0.762. The average molecular weight is 208 g/mol. The molecule has 16 heavy (non-hydrogen) atoms. The van der Waals surface area contributed by atoms with Crippen molar-refractivity contribution >= 4 is 11.2 Å². The summed E-state index contributed by atoms with van der Waals surface area (Å²) in [6, 6.07) is 10.4. The van der Waals surface area contributed by atoms with Crippen molar-refractivity contribution in [1.82, 2.24) is 9.72 Å². The zero-order chi connectivity index (χ0) is 10.8. The molecule has 3 heterocycles. The fourth-order valence-corrected chi connectivity index (χ4v) is 1.89. The summed E-state index contributed by atoms with van der Waals surface area (Å²) in [5.41, 5.74) is 3.49. The third kappa shape index (κ3) is 1.44. The highest BCUT2D eigenvalue weighted by atomic mass is 15.0. The topological polar surface area (TPSA) is 16.4 Å². The van der Waals surface area contributed by atoms with Gasteiger partial charge >= 0.3 is 0 Å². The van der Waals surface area contributed by atoms with Crippen LogP contribution >= 0.6 is 0 Å². The number of fused-ring (bicyclic) bond motifs is 1. The monoisotopic (exact) mass is 208 g/mol. The Morgan fingerprint density at radius 2 is 1.94 bits per heavy atom. The Hall–Kier alpha value is -2.22. The molecular formula is C14H12N2. The van der Waals surface area contributed by atoms with E-state index in [0.29, 0.717) is 0 Å². The van der Waals surface area contributed by atoms with Gasteiger partial charge in [-0.2, -0.15) is 0 Å². The lowest BCUT2D eigenvalue weighted by Gasteiger charge is -2.06. The number of pyridine rings is 1. The summed E-state index contributed by atoms with van der Waals surface area (Å²) in [7, 11) is 0. The van der Waals surface area contributed by atoms with Crippen LogP contribution in [0.4, 0.5) is 0 Å². The van der Waals surface area contributed by atoms with Crippen LogP contribution in [0.1, 0.15) is 5.69 Å². The van der Waals surface area contributed by atoms with E-state index in [0.717, 1.165) is 5.70 Å². The zero-order valence-electron chi connectivity index (χ0n) is 8.80. The lowest BCUT2D eigenvalue weighted by Crippen LogP contribution is -2.05. The Morgan fingerprint density at radius 1 is 0.938 bits per heavy atom. The summed E-state index contributed by atoms with van der Waals surface area (Å²) in [4.78, 5) is 0. The number of aromatic nitrogens is 1. The number of nitrogens with zero attached hydrogens (tertiary/aromatic N) is 1. The number of rotatable bonds is 1. The third-order valence-corrected chi connectivity index (χ3v) is 2.66. The SMILES string of the molecule is C1=CC=C(c2ccc3ccccn23)NC=C1. The van der Waals surface area contributed by atoms with E-state index >= 15 is 0 Å². The van der Waals surface area contributed by atoms with Crippen LogP contribution in [0.25, 0.3) is 11.2 Å². The van der Waals surface area contributed by atoms with E-state index in [2.05, 4.69) is 40.2 Å². The highest BCUT2D eigenvalue weighted by molar-refractivity contribution is 5.69. The fourth-order valence-electron chi connectivity index (χ4n) is 1.89. The summed E-state index contributed by atoms with van der Waals surface area (Å²) >= 11 is 0. The van der Waals surface area contributed by atoms with Gasteiger partial charge in [0.25, 0.3) is 0 Å². The van der Waals surface area contributed by atoms with Crippen molar-refractivity contribution in [2.75, 3.05) is 0 Å². The van der Waals surface area contributed by atoms with Gasteiger partial charge < -0.3 is 9.72 Å². The van der Waals surface area contributed by atoms with Crippen LogP contribution in [0.15, 0.2) is 67.0 Å². The Morgan fingerprint density at radius 3 is 2.94 bits per heavy atom. The molecular weight excluding hydrogens is 196 g/mol. The van der Waals surface area contributed by atoms with Gasteiger partial charge in [-0.3, -0.25) is 0 Å². The summed E-state index contributed by atoms with van der Waals surface area (Å²) < 4.78 is 2.17. The van der Waals surface area contributed by atoms with Crippen LogP contribution < -0.4 is 5.32 Å². The van der Waals surface area contributed by atoms with E-state index < -0.39 is 0 Å². The van der Waals surface area contributed by atoms with Crippen LogP contribution in [-0.2, 0) is 0 Å². The molecule has 0 spiro atoms. The van der Waals surface area contributed by atoms with Gasteiger partial charge in [-0.25, -0.2) is 0 Å². The van der Waals surface area contributed by atoms with Gasteiger partial charge in [-0.15, -0.1) is 0 Å². The first-order valence-electron chi connectivity index (χ1n) is 5.32. The van der Waals surface area contributed by atoms with Gasteiger partial charge in [0.1, 0.15) is 0 Å². The summed E-state index contributed by atoms with van der Waals surface area (Å²) in [5, 5.41) is 3.27. The van der Waals surface area contributed by atoms with Crippen molar-refractivity contribution < 1.29 is 0 Å². The number of nitrogens with one attached hydrogen (secondary N) is 1. The molecule has 0 unspecified atom stereocenters. The van der Waals surface area contributed by atoms with Crippen LogP contribution in [0, 0.1) is 0 Å². The van der Waals surface area contributed by atoms with Crippen molar-refractivity contribution in [2.45, 2.75) is 0 Å². The molecule has 0 saturated carbocycles. The first kappa shape index (κ1) is 9.04. The second-order valence-electron chi connectivity index (χ2n) is 3.68. The van der Waals surface area contributed by atoms with Crippen molar-refractivity contribution in [3.05, 3.63) is 72.7 Å². The summed E-state index contributed by atoms with van der Waals surface area (Å²) in [6.07, 6.45) is 12.1. The van der Waals surface area contributed by atoms with E-state index in [9.17, 15) is 0 Å². The van der Waals surface area contributed by atoms with Gasteiger partial charge in [-0.05, 0) is 36.4 Å². The van der Waals surface area contributed by atoms with E-state index in [1.165, 1.54) is 11.2 Å². The lowest BCUT2D eigenvalue weighted by atomic mass is 10.3. The molecule has 2 aromatic rings. The Kier molecular flexibility index (Phi) is 2.11. The standard InChI is InChI=1S/C14H12N2/c1-2-7-13(15-10-4-1)14-9-8-12-6-3-5-11-16(12)14/h1-11,15H. The van der Waals surface area contributed by atoms with Crippen molar-refractivity contribution in [3.63, 3.8) is 0 Å². The van der Waals surface area contributed by atoms with E-state index in [1.54, 1.807) is 0 Å². The van der Waals surface area contributed by atoms with Gasteiger partial charge in [0.05, 0.1) is 11.4 Å². The lowest BCUT2D eigenvalue weighted by molar-refractivity contribution is 1.11. The predicted molar refractivity (Wildman–Crippen MR) is 66.8 cm³/mol. The predicted octanol–water partition coefficient (Wildman–Crippen LogP) is 2.95. The average Bonchev–Trinajstić information content (AvgIpc) is 2.57. The molecule has 2 nitrogen and oxygen atoms in total. The molecule has 1 aliphatic rings. The molecule has 0 aromatic carbocycles. The van der Waals surface area contributed by atoms with Crippen molar-refractivity contribution in [1.29, 1.82) is 0 Å². The van der Waals surface area contributed by atoms with E-state index in [4.69, 9.17) is 0 Å². The zero-order valence-corrected chi connectivity index (χ0v) is 8.80. The fraction of sp³-hybridized carbons (Fsp3) is 0. The van der Waals surface area contributed by atoms with Crippen LogP contribution in [0.5, 0.6) is 0 Å². The maximum atomic E-state index is 3.27. The van der Waals surface area contributed by atoms with E-state index in [1.807, 2.05) is 36.6 Å². The maximum absolute atomic E-state index is 3.27. The molecule has 0 amide bonds. The second kappa shape index (κ2) is 3.74. The molecule has 3 rings (SSSR count). The van der Waals surface area contributed by atoms with Crippen molar-refractivity contribution in [2.24, 2.45) is 0 Å². The van der Waals surface area contributed by atoms with Gasteiger partial charge in [0, 0.05) is 17.9 Å². The molecule has 0 fully saturated rings. The van der Waals surface area contributed by atoms with Crippen LogP contribution in [0.3, 0.4) is 0 Å². The molecule has 2 heteroatoms. The highest BCUT2D eigenvalue weighted by Crippen LogP contribution is 2.17. The minimum absolute atomic E-state index is 1.11. The minimum atomic E-state index is 1.11. The smallest absolute Gasteiger partial charge is 0.0691 e. The number of hydrogen-bond acceptors (Lipinski definition) is 1. The number of hydrogen-bond donors (Lipinski definition) is 1. The normalized spacial score (nSPS) is 14.6.